The standard InChI is InChI=1S/C17H25N5O3/c1-13(12-22-6-2-3-16(22)23)19-17(24)20-14-4-5-15(18-11-14)21-7-9-25-10-8-21/h4-5,11,13H,2-3,6-10,12H2,1H3,(H2,19,20,24)/t13-/m1/s1. The van der Waals surface area contributed by atoms with Crippen LogP contribution in [0.4, 0.5) is 16.3 Å². The Morgan fingerprint density at radius 2 is 2.12 bits per heavy atom. The molecule has 2 saturated heterocycles. The zero-order valence-electron chi connectivity index (χ0n) is 14.5. The van der Waals surface area contributed by atoms with Crippen LogP contribution in [0.25, 0.3) is 0 Å². The average Bonchev–Trinajstić information content (AvgIpc) is 3.01. The van der Waals surface area contributed by atoms with Crippen LogP contribution in [0.1, 0.15) is 19.8 Å². The fraction of sp³-hybridized carbons (Fsp3) is 0.588. The molecule has 2 aliphatic heterocycles. The highest BCUT2D eigenvalue weighted by molar-refractivity contribution is 5.89. The average molecular weight is 347 g/mol. The number of morpholine rings is 1. The molecular weight excluding hydrogens is 322 g/mol. The molecule has 8 nitrogen and oxygen atoms in total. The Morgan fingerprint density at radius 3 is 2.76 bits per heavy atom. The van der Waals surface area contributed by atoms with Crippen LogP contribution in [0, 0.1) is 0 Å². The van der Waals surface area contributed by atoms with Gasteiger partial charge in [-0.1, -0.05) is 0 Å². The van der Waals surface area contributed by atoms with Gasteiger partial charge in [-0.3, -0.25) is 4.79 Å². The number of carbonyl (C=O) groups excluding carboxylic acids is 2. The van der Waals surface area contributed by atoms with Crippen LogP contribution in [-0.4, -0.2) is 67.3 Å². The number of hydrogen-bond acceptors (Lipinski definition) is 5. The molecule has 2 N–H and O–H groups in total. The molecule has 0 saturated carbocycles. The highest BCUT2D eigenvalue weighted by Gasteiger charge is 2.22. The molecule has 0 bridgehead atoms. The summed E-state index contributed by atoms with van der Waals surface area (Å²) in [5.74, 6) is 1.05. The van der Waals surface area contributed by atoms with E-state index in [9.17, 15) is 9.59 Å². The molecule has 3 rings (SSSR count). The minimum atomic E-state index is -0.292. The Morgan fingerprint density at radius 1 is 1.32 bits per heavy atom. The topological polar surface area (TPSA) is 86.8 Å². The largest absolute Gasteiger partial charge is 0.378 e. The predicted molar refractivity (Wildman–Crippen MR) is 94.7 cm³/mol. The number of rotatable bonds is 5. The van der Waals surface area contributed by atoms with Crippen LogP contribution < -0.4 is 15.5 Å². The van der Waals surface area contributed by atoms with Gasteiger partial charge in [-0.05, 0) is 25.5 Å². The van der Waals surface area contributed by atoms with E-state index in [4.69, 9.17) is 4.74 Å². The third-order valence-corrected chi connectivity index (χ3v) is 4.38. The number of carbonyl (C=O) groups is 2. The van der Waals surface area contributed by atoms with Gasteiger partial charge in [0, 0.05) is 38.6 Å². The van der Waals surface area contributed by atoms with E-state index in [0.717, 1.165) is 31.9 Å². The zero-order valence-corrected chi connectivity index (χ0v) is 14.5. The van der Waals surface area contributed by atoms with Gasteiger partial charge < -0.3 is 25.2 Å². The van der Waals surface area contributed by atoms with E-state index >= 15 is 0 Å². The summed E-state index contributed by atoms with van der Waals surface area (Å²) in [6.45, 7) is 6.29. The van der Waals surface area contributed by atoms with E-state index in [2.05, 4.69) is 20.5 Å². The fourth-order valence-corrected chi connectivity index (χ4v) is 3.10. The number of pyridine rings is 1. The maximum Gasteiger partial charge on any atom is 0.319 e. The van der Waals surface area contributed by atoms with Crippen molar-refractivity contribution < 1.29 is 14.3 Å². The van der Waals surface area contributed by atoms with E-state index in [1.165, 1.54) is 0 Å². The number of anilines is 2. The van der Waals surface area contributed by atoms with Crippen molar-refractivity contribution in [2.75, 3.05) is 49.6 Å². The lowest BCUT2D eigenvalue weighted by Gasteiger charge is -2.27. The number of aromatic nitrogens is 1. The van der Waals surface area contributed by atoms with Crippen molar-refractivity contribution in [3.8, 4) is 0 Å². The van der Waals surface area contributed by atoms with E-state index in [-0.39, 0.29) is 18.0 Å². The van der Waals surface area contributed by atoms with Crippen molar-refractivity contribution in [3.63, 3.8) is 0 Å². The third kappa shape index (κ3) is 4.82. The van der Waals surface area contributed by atoms with Gasteiger partial charge in [0.15, 0.2) is 0 Å². The van der Waals surface area contributed by atoms with E-state index in [1.54, 1.807) is 11.1 Å². The van der Waals surface area contributed by atoms with Crippen molar-refractivity contribution in [2.45, 2.75) is 25.8 Å². The minimum Gasteiger partial charge on any atom is -0.378 e. The lowest BCUT2D eigenvalue weighted by molar-refractivity contribution is -0.127. The van der Waals surface area contributed by atoms with Gasteiger partial charge in [-0.15, -0.1) is 0 Å². The molecule has 0 unspecified atom stereocenters. The summed E-state index contributed by atoms with van der Waals surface area (Å²) < 4.78 is 5.33. The Labute approximate surface area is 147 Å². The maximum atomic E-state index is 12.1. The summed E-state index contributed by atoms with van der Waals surface area (Å²) in [4.78, 5) is 32.1. The quantitative estimate of drug-likeness (QED) is 0.831. The second-order valence-electron chi connectivity index (χ2n) is 6.45. The Bertz CT molecular complexity index is 601. The highest BCUT2D eigenvalue weighted by Crippen LogP contribution is 2.15. The summed E-state index contributed by atoms with van der Waals surface area (Å²) in [5, 5.41) is 5.64. The second-order valence-corrected chi connectivity index (χ2v) is 6.45. The molecule has 1 aromatic rings. The van der Waals surface area contributed by atoms with Gasteiger partial charge in [0.1, 0.15) is 5.82 Å². The van der Waals surface area contributed by atoms with Gasteiger partial charge >= 0.3 is 6.03 Å². The molecule has 2 aliphatic rings. The van der Waals surface area contributed by atoms with Crippen LogP contribution in [0.3, 0.4) is 0 Å². The molecule has 3 heterocycles. The molecule has 1 aromatic heterocycles. The van der Waals surface area contributed by atoms with Crippen LogP contribution >= 0.6 is 0 Å². The monoisotopic (exact) mass is 347 g/mol. The molecule has 2 fully saturated rings. The fourth-order valence-electron chi connectivity index (χ4n) is 3.10. The lowest BCUT2D eigenvalue weighted by Crippen LogP contribution is -2.44. The number of hydrogen-bond donors (Lipinski definition) is 2. The molecule has 1 atom stereocenters. The predicted octanol–water partition coefficient (Wildman–Crippen LogP) is 1.05. The van der Waals surface area contributed by atoms with Crippen molar-refractivity contribution in [3.05, 3.63) is 18.3 Å². The van der Waals surface area contributed by atoms with Gasteiger partial charge in [0.25, 0.3) is 0 Å². The number of nitrogens with zero attached hydrogens (tertiary/aromatic N) is 3. The summed E-state index contributed by atoms with van der Waals surface area (Å²) in [6, 6.07) is 3.34. The smallest absolute Gasteiger partial charge is 0.319 e. The molecule has 0 spiro atoms. The number of amides is 3. The van der Waals surface area contributed by atoms with Gasteiger partial charge in [-0.25, -0.2) is 9.78 Å². The number of nitrogens with one attached hydrogen (secondary N) is 2. The van der Waals surface area contributed by atoms with Gasteiger partial charge in [0.2, 0.25) is 5.91 Å². The first-order chi connectivity index (χ1) is 12.1. The molecule has 3 amide bonds. The molecule has 25 heavy (non-hydrogen) atoms. The van der Waals surface area contributed by atoms with Crippen LogP contribution in [0.15, 0.2) is 18.3 Å². The van der Waals surface area contributed by atoms with Crippen molar-refractivity contribution in [1.29, 1.82) is 0 Å². The van der Waals surface area contributed by atoms with Gasteiger partial charge in [0.05, 0.1) is 25.1 Å². The number of urea groups is 1. The molecule has 136 valence electrons. The maximum absolute atomic E-state index is 12.1. The Hall–Kier alpha value is -2.35. The zero-order chi connectivity index (χ0) is 17.6. The van der Waals surface area contributed by atoms with Crippen molar-refractivity contribution in [1.82, 2.24) is 15.2 Å². The summed E-state index contributed by atoms with van der Waals surface area (Å²) in [6.07, 6.45) is 3.16. The SMILES string of the molecule is C[C@H](CN1CCCC1=O)NC(=O)Nc1ccc(N2CCOCC2)nc1. The van der Waals surface area contributed by atoms with E-state index < -0.39 is 0 Å². The van der Waals surface area contributed by atoms with Crippen LogP contribution in [0.2, 0.25) is 0 Å². The number of likely N-dealkylation sites (tertiary alicyclic amines) is 1. The summed E-state index contributed by atoms with van der Waals surface area (Å²) in [5.41, 5.74) is 0.638. The summed E-state index contributed by atoms with van der Waals surface area (Å²) >= 11 is 0. The summed E-state index contributed by atoms with van der Waals surface area (Å²) in [7, 11) is 0. The lowest BCUT2D eigenvalue weighted by atomic mass is 10.3. The van der Waals surface area contributed by atoms with Crippen molar-refractivity contribution in [2.24, 2.45) is 0 Å². The second kappa shape index (κ2) is 8.15. The molecule has 0 radical (unpaired) electrons. The Balaban J connectivity index is 1.46. The van der Waals surface area contributed by atoms with E-state index in [0.29, 0.717) is 31.9 Å². The van der Waals surface area contributed by atoms with E-state index in [1.807, 2.05) is 19.1 Å². The normalized spacial score (nSPS) is 19.0. The van der Waals surface area contributed by atoms with Crippen LogP contribution in [0.5, 0.6) is 0 Å². The minimum absolute atomic E-state index is 0.109. The molecule has 0 aromatic carbocycles. The van der Waals surface area contributed by atoms with Crippen LogP contribution in [-0.2, 0) is 9.53 Å². The Kier molecular flexibility index (Phi) is 5.70. The first-order valence-electron chi connectivity index (χ1n) is 8.76. The highest BCUT2D eigenvalue weighted by atomic mass is 16.5. The first kappa shape index (κ1) is 17.5. The van der Waals surface area contributed by atoms with Crippen molar-refractivity contribution >= 4 is 23.4 Å². The molecular formula is C17H25N5O3. The third-order valence-electron chi connectivity index (χ3n) is 4.38. The van der Waals surface area contributed by atoms with Gasteiger partial charge in [-0.2, -0.15) is 0 Å². The molecule has 0 aliphatic carbocycles. The molecule has 8 heteroatoms. The number of ether oxygens (including phenoxy) is 1. The first-order valence-corrected chi connectivity index (χ1v) is 8.76.